The lowest BCUT2D eigenvalue weighted by atomic mass is 9.93. The summed E-state index contributed by atoms with van der Waals surface area (Å²) >= 11 is 0. The molecule has 4 rings (SSSR count). The van der Waals surface area contributed by atoms with Gasteiger partial charge in [0.2, 0.25) is 0 Å². The third kappa shape index (κ3) is 3.77. The Labute approximate surface area is 177 Å². The minimum atomic E-state index is -0.646. The predicted octanol–water partition coefficient (Wildman–Crippen LogP) is 4.41. The van der Waals surface area contributed by atoms with E-state index in [-0.39, 0.29) is 17.4 Å². The third-order valence-corrected chi connectivity index (χ3v) is 5.93. The number of aliphatic hydroxyl groups excluding tert-OH is 1. The van der Waals surface area contributed by atoms with Gasteiger partial charge in [0.15, 0.2) is 0 Å². The van der Waals surface area contributed by atoms with Crippen molar-refractivity contribution in [2.75, 3.05) is 13.2 Å². The van der Waals surface area contributed by atoms with Crippen molar-refractivity contribution in [2.24, 2.45) is 0 Å². The summed E-state index contributed by atoms with van der Waals surface area (Å²) in [5, 5.41) is 11.0. The number of hydrogen-bond acceptors (Lipinski definition) is 4. The summed E-state index contributed by atoms with van der Waals surface area (Å²) in [6.07, 6.45) is 1.73. The number of hydrogen-bond donors (Lipinski definition) is 1. The van der Waals surface area contributed by atoms with E-state index in [1.807, 2.05) is 30.3 Å². The number of benzene rings is 2. The molecule has 0 unspecified atom stereocenters. The fourth-order valence-electron chi connectivity index (χ4n) is 4.24. The van der Waals surface area contributed by atoms with E-state index in [1.165, 1.54) is 5.56 Å². The highest BCUT2D eigenvalue weighted by Gasteiger charge is 2.47. The fourth-order valence-corrected chi connectivity index (χ4v) is 4.24. The monoisotopic (exact) mass is 405 g/mol. The molecule has 2 fully saturated rings. The number of ether oxygens (including phenoxy) is 1. The number of likely N-dealkylation sites (tertiary alicyclic amines) is 1. The Kier molecular flexibility index (Phi) is 5.73. The second-order valence-corrected chi connectivity index (χ2v) is 8.27. The number of aliphatic hydroxyl groups is 1. The second-order valence-electron chi connectivity index (χ2n) is 8.27. The minimum absolute atomic E-state index is 0.0857. The highest BCUT2D eigenvalue weighted by molar-refractivity contribution is 6.46. The molecule has 2 aromatic rings. The number of amides is 1. The number of nitrogens with zero attached hydrogens (tertiary/aromatic N) is 1. The number of rotatable bonds is 5. The van der Waals surface area contributed by atoms with Gasteiger partial charge in [0, 0.05) is 18.7 Å². The van der Waals surface area contributed by atoms with Crippen LogP contribution in [0, 0.1) is 0 Å². The molecule has 0 bridgehead atoms. The Balaban J connectivity index is 1.80. The van der Waals surface area contributed by atoms with Gasteiger partial charge in [-0.1, -0.05) is 68.4 Å². The van der Waals surface area contributed by atoms with E-state index in [2.05, 4.69) is 13.8 Å². The van der Waals surface area contributed by atoms with Gasteiger partial charge in [0.05, 0.1) is 17.7 Å². The Hall–Kier alpha value is -2.92. The Morgan fingerprint density at radius 2 is 1.80 bits per heavy atom. The van der Waals surface area contributed by atoms with Crippen LogP contribution in [0.3, 0.4) is 0 Å². The van der Waals surface area contributed by atoms with Gasteiger partial charge in [-0.2, -0.15) is 0 Å². The van der Waals surface area contributed by atoms with Crippen molar-refractivity contribution in [3.63, 3.8) is 0 Å². The molecule has 2 heterocycles. The van der Waals surface area contributed by atoms with Gasteiger partial charge in [-0.3, -0.25) is 9.59 Å². The average Bonchev–Trinajstić information content (AvgIpc) is 3.36. The topological polar surface area (TPSA) is 66.8 Å². The predicted molar refractivity (Wildman–Crippen MR) is 115 cm³/mol. The molecule has 30 heavy (non-hydrogen) atoms. The average molecular weight is 405 g/mol. The lowest BCUT2D eigenvalue weighted by Gasteiger charge is -2.27. The summed E-state index contributed by atoms with van der Waals surface area (Å²) in [7, 11) is 0. The summed E-state index contributed by atoms with van der Waals surface area (Å²) in [4.78, 5) is 27.6. The van der Waals surface area contributed by atoms with Crippen LogP contribution in [0.15, 0.2) is 60.2 Å². The number of ketones is 1. The normalized spacial score (nSPS) is 23.5. The van der Waals surface area contributed by atoms with Crippen molar-refractivity contribution in [2.45, 2.75) is 44.8 Å². The largest absolute Gasteiger partial charge is 0.507 e. The van der Waals surface area contributed by atoms with Crippen LogP contribution in [0.5, 0.6) is 0 Å². The zero-order chi connectivity index (χ0) is 21.3. The van der Waals surface area contributed by atoms with Gasteiger partial charge >= 0.3 is 0 Å². The van der Waals surface area contributed by atoms with Crippen LogP contribution >= 0.6 is 0 Å². The van der Waals surface area contributed by atoms with E-state index in [1.54, 1.807) is 29.2 Å². The van der Waals surface area contributed by atoms with Crippen molar-refractivity contribution in [1.82, 2.24) is 4.90 Å². The van der Waals surface area contributed by atoms with E-state index in [9.17, 15) is 14.7 Å². The summed E-state index contributed by atoms with van der Waals surface area (Å²) in [5.74, 6) is -0.989. The molecule has 2 aromatic carbocycles. The fraction of sp³-hybridized carbons (Fsp3) is 0.360. The van der Waals surface area contributed by atoms with E-state index < -0.39 is 17.7 Å². The molecule has 0 saturated carbocycles. The molecule has 2 saturated heterocycles. The van der Waals surface area contributed by atoms with Gasteiger partial charge in [-0.05, 0) is 29.9 Å². The number of Topliss-reactive ketones (excluding diaryl/α,β-unsaturated/α-hetero) is 1. The van der Waals surface area contributed by atoms with Gasteiger partial charge in [0.25, 0.3) is 11.7 Å². The van der Waals surface area contributed by atoms with Crippen molar-refractivity contribution < 1.29 is 19.4 Å². The van der Waals surface area contributed by atoms with Crippen LogP contribution in [0.4, 0.5) is 0 Å². The van der Waals surface area contributed by atoms with Crippen LogP contribution in [0.2, 0.25) is 0 Å². The number of carbonyl (C=O) groups excluding carboxylic acids is 2. The molecule has 1 amide bonds. The van der Waals surface area contributed by atoms with Gasteiger partial charge < -0.3 is 14.7 Å². The minimum Gasteiger partial charge on any atom is -0.507 e. The number of carbonyl (C=O) groups is 2. The molecule has 5 heteroatoms. The molecular formula is C25H27NO4. The Morgan fingerprint density at radius 1 is 1.10 bits per heavy atom. The molecule has 0 spiro atoms. The molecule has 1 N–H and O–H groups in total. The SMILES string of the molecule is CC(C)c1ccc([C@H]2/C(=C(\O)c3ccccc3)C(=O)C(=O)N2C[C@H]2CCCO2)cc1. The summed E-state index contributed by atoms with van der Waals surface area (Å²) < 4.78 is 5.73. The van der Waals surface area contributed by atoms with E-state index in [0.717, 1.165) is 18.4 Å². The molecular weight excluding hydrogens is 378 g/mol. The molecule has 0 radical (unpaired) electrons. The molecule has 5 nitrogen and oxygen atoms in total. The van der Waals surface area contributed by atoms with E-state index in [4.69, 9.17) is 4.74 Å². The van der Waals surface area contributed by atoms with Crippen molar-refractivity contribution >= 4 is 17.4 Å². The summed E-state index contributed by atoms with van der Waals surface area (Å²) in [6.45, 7) is 5.25. The maximum absolute atomic E-state index is 13.0. The third-order valence-electron chi connectivity index (χ3n) is 5.93. The second kappa shape index (κ2) is 8.44. The molecule has 2 aliphatic heterocycles. The van der Waals surface area contributed by atoms with Crippen molar-refractivity contribution in [1.29, 1.82) is 0 Å². The summed E-state index contributed by atoms with van der Waals surface area (Å²) in [6, 6.07) is 16.2. The maximum Gasteiger partial charge on any atom is 0.295 e. The Bertz CT molecular complexity index is 956. The first kappa shape index (κ1) is 20.4. The first-order chi connectivity index (χ1) is 14.5. The van der Waals surface area contributed by atoms with Crippen LogP contribution in [-0.4, -0.2) is 41.0 Å². The molecule has 2 atom stereocenters. The zero-order valence-electron chi connectivity index (χ0n) is 17.4. The smallest absolute Gasteiger partial charge is 0.295 e. The molecule has 0 aliphatic carbocycles. The van der Waals surface area contributed by atoms with Crippen LogP contribution in [0.25, 0.3) is 5.76 Å². The van der Waals surface area contributed by atoms with Crippen LogP contribution in [-0.2, 0) is 14.3 Å². The van der Waals surface area contributed by atoms with Gasteiger partial charge in [-0.15, -0.1) is 0 Å². The highest BCUT2D eigenvalue weighted by Crippen LogP contribution is 2.40. The first-order valence-electron chi connectivity index (χ1n) is 10.5. The van der Waals surface area contributed by atoms with Gasteiger partial charge in [0.1, 0.15) is 5.76 Å². The molecule has 0 aromatic heterocycles. The molecule has 2 aliphatic rings. The van der Waals surface area contributed by atoms with Crippen molar-refractivity contribution in [3.05, 3.63) is 76.9 Å². The van der Waals surface area contributed by atoms with E-state index in [0.29, 0.717) is 24.6 Å². The maximum atomic E-state index is 13.0. The van der Waals surface area contributed by atoms with E-state index >= 15 is 0 Å². The van der Waals surface area contributed by atoms with Crippen LogP contribution < -0.4 is 0 Å². The van der Waals surface area contributed by atoms with Gasteiger partial charge in [-0.25, -0.2) is 0 Å². The Morgan fingerprint density at radius 3 is 2.40 bits per heavy atom. The molecule has 156 valence electrons. The van der Waals surface area contributed by atoms with Crippen molar-refractivity contribution in [3.8, 4) is 0 Å². The quantitative estimate of drug-likeness (QED) is 0.455. The lowest BCUT2D eigenvalue weighted by molar-refractivity contribution is -0.140. The summed E-state index contributed by atoms with van der Waals surface area (Å²) in [5.41, 5.74) is 2.66. The first-order valence-corrected chi connectivity index (χ1v) is 10.5. The van der Waals surface area contributed by atoms with Crippen LogP contribution in [0.1, 0.15) is 55.3 Å². The lowest BCUT2D eigenvalue weighted by Crippen LogP contribution is -2.36. The highest BCUT2D eigenvalue weighted by atomic mass is 16.5. The zero-order valence-corrected chi connectivity index (χ0v) is 17.4. The standard InChI is InChI=1S/C25H27NO4/c1-16(2)17-10-12-18(13-11-17)22-21(23(27)19-7-4-3-5-8-19)24(28)25(29)26(22)15-20-9-6-14-30-20/h3-5,7-8,10-13,16,20,22,27H,6,9,14-15H2,1-2H3/b23-21+/t20-,22+/m1/s1.